The summed E-state index contributed by atoms with van der Waals surface area (Å²) in [6.07, 6.45) is 0.229. The van der Waals surface area contributed by atoms with Crippen LogP contribution in [0.5, 0.6) is 5.75 Å². The molecule has 1 N–H and O–H groups in total. The third-order valence-electron chi connectivity index (χ3n) is 1.79. The fourth-order valence-electron chi connectivity index (χ4n) is 1.07. The fourth-order valence-corrected chi connectivity index (χ4v) is 1.07. The third kappa shape index (κ3) is 2.81. The second kappa shape index (κ2) is 5.15. The van der Waals surface area contributed by atoms with E-state index in [4.69, 9.17) is 5.26 Å². The Morgan fingerprint density at radius 2 is 2.13 bits per heavy atom. The minimum atomic E-state index is -0.640. The number of methoxy groups -OCH3 is 1. The molecule has 0 spiro atoms. The predicted octanol–water partition coefficient (Wildman–Crippen LogP) is 2.30. The molecule has 1 aromatic rings. The minimum absolute atomic E-state index is 0.0311. The van der Waals surface area contributed by atoms with Crippen molar-refractivity contribution in [2.24, 2.45) is 0 Å². The third-order valence-corrected chi connectivity index (χ3v) is 1.79. The molecule has 0 radical (unpaired) electrons. The fraction of sp³-hybridized carbons (Fsp3) is 0.300. The highest BCUT2D eigenvalue weighted by atomic mass is 19.1. The lowest BCUT2D eigenvalue weighted by atomic mass is 10.2. The highest BCUT2D eigenvalue weighted by molar-refractivity contribution is 5.48. The highest BCUT2D eigenvalue weighted by Gasteiger charge is 2.09. The minimum Gasteiger partial charge on any atom is -0.494 e. The van der Waals surface area contributed by atoms with E-state index in [1.165, 1.54) is 7.11 Å². The van der Waals surface area contributed by atoms with Gasteiger partial charge in [-0.25, -0.2) is 8.78 Å². The molecule has 0 bridgehead atoms. The lowest BCUT2D eigenvalue weighted by Crippen LogP contribution is -2.03. The first-order valence-corrected chi connectivity index (χ1v) is 4.33. The normalized spacial score (nSPS) is 9.47. The Kier molecular flexibility index (Phi) is 3.86. The molecule has 0 atom stereocenters. The van der Waals surface area contributed by atoms with E-state index in [-0.39, 0.29) is 24.4 Å². The summed E-state index contributed by atoms with van der Waals surface area (Å²) in [5.74, 6) is -1.39. The first-order chi connectivity index (χ1) is 7.19. The van der Waals surface area contributed by atoms with Crippen molar-refractivity contribution in [3.8, 4) is 11.8 Å². The van der Waals surface area contributed by atoms with Gasteiger partial charge in [-0.3, -0.25) is 0 Å². The van der Waals surface area contributed by atoms with Crippen LogP contribution in [0.15, 0.2) is 12.1 Å². The second-order valence-electron chi connectivity index (χ2n) is 2.80. The van der Waals surface area contributed by atoms with E-state index >= 15 is 0 Å². The summed E-state index contributed by atoms with van der Waals surface area (Å²) < 4.78 is 31.0. The van der Waals surface area contributed by atoms with E-state index in [2.05, 4.69) is 10.1 Å². The number of rotatable bonds is 4. The van der Waals surface area contributed by atoms with Crippen LogP contribution in [0.3, 0.4) is 0 Å². The van der Waals surface area contributed by atoms with Crippen molar-refractivity contribution in [3.63, 3.8) is 0 Å². The molecule has 0 aliphatic heterocycles. The summed E-state index contributed by atoms with van der Waals surface area (Å²) in [4.78, 5) is 0. The van der Waals surface area contributed by atoms with Crippen LogP contribution in [0.1, 0.15) is 6.42 Å². The summed E-state index contributed by atoms with van der Waals surface area (Å²) in [5, 5.41) is 10.9. The van der Waals surface area contributed by atoms with Gasteiger partial charge in [0.25, 0.3) is 0 Å². The van der Waals surface area contributed by atoms with Crippen LogP contribution >= 0.6 is 0 Å². The predicted molar refractivity (Wildman–Crippen MR) is 51.6 cm³/mol. The van der Waals surface area contributed by atoms with Crippen LogP contribution in [0, 0.1) is 23.0 Å². The number of hydrogen-bond donors (Lipinski definition) is 1. The lowest BCUT2D eigenvalue weighted by Gasteiger charge is -2.08. The number of hydrogen-bond acceptors (Lipinski definition) is 3. The van der Waals surface area contributed by atoms with Crippen LogP contribution in [-0.4, -0.2) is 13.7 Å². The molecular formula is C10H10F2N2O. The Hall–Kier alpha value is -1.83. The topological polar surface area (TPSA) is 45.0 Å². The Bertz CT molecular complexity index is 388. The van der Waals surface area contributed by atoms with E-state index in [9.17, 15) is 8.78 Å². The van der Waals surface area contributed by atoms with Gasteiger partial charge in [0.15, 0.2) is 11.6 Å². The molecule has 15 heavy (non-hydrogen) atoms. The maximum atomic E-state index is 13.3. The van der Waals surface area contributed by atoms with Crippen molar-refractivity contribution >= 4 is 5.69 Å². The van der Waals surface area contributed by atoms with E-state index in [0.717, 1.165) is 12.1 Å². The zero-order valence-electron chi connectivity index (χ0n) is 8.18. The largest absolute Gasteiger partial charge is 0.494 e. The van der Waals surface area contributed by atoms with Crippen LogP contribution < -0.4 is 10.1 Å². The number of anilines is 1. The maximum Gasteiger partial charge on any atom is 0.167 e. The molecule has 0 unspecified atom stereocenters. The molecule has 0 fully saturated rings. The van der Waals surface area contributed by atoms with Crippen molar-refractivity contribution in [1.29, 1.82) is 5.26 Å². The summed E-state index contributed by atoms with van der Waals surface area (Å²) in [5.41, 5.74) is 0.0311. The van der Waals surface area contributed by atoms with Crippen LogP contribution in [0.4, 0.5) is 14.5 Å². The quantitative estimate of drug-likeness (QED) is 0.779. The van der Waals surface area contributed by atoms with Crippen molar-refractivity contribution < 1.29 is 13.5 Å². The molecule has 0 aliphatic carbocycles. The molecule has 0 amide bonds. The summed E-state index contributed by atoms with van der Waals surface area (Å²) in [6, 6.07) is 3.86. The highest BCUT2D eigenvalue weighted by Crippen LogP contribution is 2.24. The number of nitriles is 1. The monoisotopic (exact) mass is 212 g/mol. The van der Waals surface area contributed by atoms with Crippen molar-refractivity contribution in [2.45, 2.75) is 6.42 Å². The summed E-state index contributed by atoms with van der Waals surface area (Å²) in [7, 11) is 1.26. The first-order valence-electron chi connectivity index (χ1n) is 4.33. The lowest BCUT2D eigenvalue weighted by molar-refractivity contribution is 0.383. The number of benzene rings is 1. The van der Waals surface area contributed by atoms with Gasteiger partial charge < -0.3 is 10.1 Å². The Labute approximate surface area is 86.3 Å². The maximum absolute atomic E-state index is 13.3. The van der Waals surface area contributed by atoms with E-state index in [1.807, 2.05) is 6.07 Å². The van der Waals surface area contributed by atoms with Gasteiger partial charge >= 0.3 is 0 Å². The molecule has 0 saturated carbocycles. The molecule has 0 aromatic heterocycles. The molecule has 0 saturated heterocycles. The molecule has 0 aliphatic rings. The number of nitrogens with one attached hydrogen (secondary N) is 1. The molecule has 1 aromatic carbocycles. The smallest absolute Gasteiger partial charge is 0.167 e. The van der Waals surface area contributed by atoms with Crippen LogP contribution in [0.2, 0.25) is 0 Å². The summed E-state index contributed by atoms with van der Waals surface area (Å²) >= 11 is 0. The van der Waals surface area contributed by atoms with Gasteiger partial charge in [-0.1, -0.05) is 0 Å². The first kappa shape index (κ1) is 11.2. The molecular weight excluding hydrogens is 202 g/mol. The standard InChI is InChI=1S/C10H10F2N2O/c1-15-10-6-7(11)9(5-8(10)12)14-4-2-3-13/h5-6,14H,2,4H2,1H3. The second-order valence-corrected chi connectivity index (χ2v) is 2.80. The van der Waals surface area contributed by atoms with Crippen LogP contribution in [-0.2, 0) is 0 Å². The Morgan fingerprint density at radius 1 is 1.40 bits per heavy atom. The molecule has 5 heteroatoms. The van der Waals surface area contributed by atoms with Crippen molar-refractivity contribution in [2.75, 3.05) is 19.0 Å². The Morgan fingerprint density at radius 3 is 2.73 bits per heavy atom. The van der Waals surface area contributed by atoms with E-state index in [0.29, 0.717) is 0 Å². The van der Waals surface area contributed by atoms with Gasteiger partial charge in [0.2, 0.25) is 0 Å². The molecule has 3 nitrogen and oxygen atoms in total. The summed E-state index contributed by atoms with van der Waals surface area (Å²) in [6.45, 7) is 0.277. The van der Waals surface area contributed by atoms with E-state index in [1.54, 1.807) is 0 Å². The number of nitrogens with zero attached hydrogens (tertiary/aromatic N) is 1. The SMILES string of the molecule is COc1cc(F)c(NCCC#N)cc1F. The van der Waals surface area contributed by atoms with Gasteiger partial charge in [0.05, 0.1) is 25.3 Å². The molecule has 80 valence electrons. The van der Waals surface area contributed by atoms with Gasteiger partial charge in [0.1, 0.15) is 5.82 Å². The Balaban J connectivity index is 2.81. The van der Waals surface area contributed by atoms with Crippen LogP contribution in [0.25, 0.3) is 0 Å². The van der Waals surface area contributed by atoms with Crippen molar-refractivity contribution in [1.82, 2.24) is 0 Å². The van der Waals surface area contributed by atoms with Gasteiger partial charge in [-0.15, -0.1) is 0 Å². The molecule has 1 rings (SSSR count). The van der Waals surface area contributed by atoms with Gasteiger partial charge in [0, 0.05) is 18.7 Å². The van der Waals surface area contributed by atoms with Crippen molar-refractivity contribution in [3.05, 3.63) is 23.8 Å². The average molecular weight is 212 g/mol. The van der Waals surface area contributed by atoms with E-state index < -0.39 is 11.6 Å². The zero-order valence-corrected chi connectivity index (χ0v) is 8.18. The zero-order chi connectivity index (χ0) is 11.3. The van der Waals surface area contributed by atoms with Gasteiger partial charge in [-0.2, -0.15) is 5.26 Å². The van der Waals surface area contributed by atoms with Gasteiger partial charge in [-0.05, 0) is 0 Å². The number of ether oxygens (including phenoxy) is 1. The number of halogens is 2. The molecule has 0 heterocycles. The average Bonchev–Trinajstić information content (AvgIpc) is 2.23.